The number of nitrogens with zero attached hydrogens (tertiary/aromatic N) is 2. The second-order valence-electron chi connectivity index (χ2n) is 5.39. The Labute approximate surface area is 130 Å². The van der Waals surface area contributed by atoms with Crippen molar-refractivity contribution >= 4 is 21.8 Å². The predicted octanol–water partition coefficient (Wildman–Crippen LogP) is 1.46. The molecule has 2 fully saturated rings. The van der Waals surface area contributed by atoms with Crippen LogP contribution in [-0.2, 0) is 0 Å². The van der Waals surface area contributed by atoms with Crippen LogP contribution in [0.1, 0.15) is 10.4 Å². The number of likely N-dealkylation sites (tertiary alicyclic amines) is 1. The van der Waals surface area contributed by atoms with Gasteiger partial charge in [0.2, 0.25) is 0 Å². The highest BCUT2D eigenvalue weighted by atomic mass is 79.9. The van der Waals surface area contributed by atoms with Crippen LogP contribution in [-0.4, -0.2) is 61.0 Å². The van der Waals surface area contributed by atoms with Crippen LogP contribution < -0.4 is 5.32 Å². The quantitative estimate of drug-likeness (QED) is 0.868. The van der Waals surface area contributed by atoms with Gasteiger partial charge in [-0.25, -0.2) is 8.78 Å². The summed E-state index contributed by atoms with van der Waals surface area (Å²) in [6.45, 7) is 4.86. The molecule has 0 atom stereocenters. The van der Waals surface area contributed by atoms with E-state index in [9.17, 15) is 13.6 Å². The molecular weight excluding hydrogens is 344 g/mol. The normalized spacial score (nSPS) is 20.4. The van der Waals surface area contributed by atoms with Gasteiger partial charge in [0, 0.05) is 49.8 Å². The lowest BCUT2D eigenvalue weighted by Crippen LogP contribution is -2.64. The first-order valence-corrected chi connectivity index (χ1v) is 7.74. The summed E-state index contributed by atoms with van der Waals surface area (Å²) in [5, 5.41) is 3.27. The number of carbonyl (C=O) groups is 1. The fourth-order valence-corrected chi connectivity index (χ4v) is 3.21. The molecule has 2 heterocycles. The van der Waals surface area contributed by atoms with Crippen molar-refractivity contribution in [3.05, 3.63) is 33.8 Å². The monoisotopic (exact) mass is 359 g/mol. The van der Waals surface area contributed by atoms with E-state index in [0.717, 1.165) is 38.3 Å². The predicted molar refractivity (Wildman–Crippen MR) is 78.2 cm³/mol. The zero-order valence-corrected chi connectivity index (χ0v) is 13.0. The summed E-state index contributed by atoms with van der Waals surface area (Å²) in [6.07, 6.45) is 0. The largest absolute Gasteiger partial charge is 0.335 e. The molecule has 21 heavy (non-hydrogen) atoms. The molecule has 0 aliphatic carbocycles. The molecule has 0 radical (unpaired) electrons. The topological polar surface area (TPSA) is 35.6 Å². The number of halogens is 3. The van der Waals surface area contributed by atoms with E-state index in [4.69, 9.17) is 0 Å². The van der Waals surface area contributed by atoms with E-state index < -0.39 is 23.1 Å². The second-order valence-corrected chi connectivity index (χ2v) is 6.31. The molecule has 0 aromatic heterocycles. The number of piperazine rings is 1. The van der Waals surface area contributed by atoms with Crippen molar-refractivity contribution in [2.24, 2.45) is 0 Å². The molecular formula is C14H16BrF2N3O. The van der Waals surface area contributed by atoms with Crippen LogP contribution in [0.4, 0.5) is 8.78 Å². The smallest absolute Gasteiger partial charge is 0.259 e. The lowest BCUT2D eigenvalue weighted by molar-refractivity contribution is 0.0220. The lowest BCUT2D eigenvalue weighted by atomic mass is 10.0. The van der Waals surface area contributed by atoms with Crippen molar-refractivity contribution in [1.82, 2.24) is 15.1 Å². The number of amides is 1. The van der Waals surface area contributed by atoms with Gasteiger partial charge in [-0.2, -0.15) is 0 Å². The number of nitrogens with one attached hydrogen (secondary N) is 1. The molecule has 0 bridgehead atoms. The molecule has 3 rings (SSSR count). The molecule has 1 N–H and O–H groups in total. The standard InChI is InChI=1S/C14H16BrF2N3O/c15-9-5-11(16)13(12(17)6-9)14(21)20-7-10(8-20)19-3-1-18-2-4-19/h5-6,10,18H,1-4,7-8H2. The van der Waals surface area contributed by atoms with Crippen LogP contribution in [0.25, 0.3) is 0 Å². The van der Waals surface area contributed by atoms with Gasteiger partial charge >= 0.3 is 0 Å². The molecule has 114 valence electrons. The summed E-state index contributed by atoms with van der Waals surface area (Å²) >= 11 is 3.01. The molecule has 2 aliphatic heterocycles. The fourth-order valence-electron chi connectivity index (χ4n) is 2.80. The van der Waals surface area contributed by atoms with E-state index in [0.29, 0.717) is 19.1 Å². The zero-order valence-electron chi connectivity index (χ0n) is 11.4. The highest BCUT2D eigenvalue weighted by Crippen LogP contribution is 2.24. The van der Waals surface area contributed by atoms with E-state index in [1.807, 2.05) is 0 Å². The summed E-state index contributed by atoms with van der Waals surface area (Å²) in [4.78, 5) is 16.0. The summed E-state index contributed by atoms with van der Waals surface area (Å²) in [7, 11) is 0. The molecule has 2 aliphatic rings. The maximum Gasteiger partial charge on any atom is 0.259 e. The molecule has 1 aromatic carbocycles. The summed E-state index contributed by atoms with van der Waals surface area (Å²) in [6, 6.07) is 2.53. The van der Waals surface area contributed by atoms with Crippen LogP contribution in [0.5, 0.6) is 0 Å². The Morgan fingerprint density at radius 1 is 1.19 bits per heavy atom. The van der Waals surface area contributed by atoms with Gasteiger partial charge in [-0.05, 0) is 12.1 Å². The van der Waals surface area contributed by atoms with E-state index in [-0.39, 0.29) is 4.47 Å². The van der Waals surface area contributed by atoms with Gasteiger partial charge in [-0.3, -0.25) is 9.69 Å². The summed E-state index contributed by atoms with van der Waals surface area (Å²) in [5.41, 5.74) is -0.461. The summed E-state index contributed by atoms with van der Waals surface area (Å²) in [5.74, 6) is -2.21. The minimum Gasteiger partial charge on any atom is -0.335 e. The van der Waals surface area contributed by atoms with E-state index >= 15 is 0 Å². The van der Waals surface area contributed by atoms with Gasteiger partial charge in [-0.1, -0.05) is 15.9 Å². The average Bonchev–Trinajstić information content (AvgIpc) is 2.37. The van der Waals surface area contributed by atoms with Crippen molar-refractivity contribution in [2.45, 2.75) is 6.04 Å². The average molecular weight is 360 g/mol. The minimum absolute atomic E-state index is 0.288. The lowest BCUT2D eigenvalue weighted by Gasteiger charge is -2.46. The first kappa shape index (κ1) is 14.9. The van der Waals surface area contributed by atoms with Crippen molar-refractivity contribution < 1.29 is 13.6 Å². The number of hydrogen-bond donors (Lipinski definition) is 1. The van der Waals surface area contributed by atoms with Gasteiger partial charge in [-0.15, -0.1) is 0 Å². The maximum absolute atomic E-state index is 13.8. The van der Waals surface area contributed by atoms with E-state index in [1.54, 1.807) is 0 Å². The van der Waals surface area contributed by atoms with Crippen molar-refractivity contribution in [3.8, 4) is 0 Å². The zero-order chi connectivity index (χ0) is 15.0. The van der Waals surface area contributed by atoms with Gasteiger partial charge in [0.1, 0.15) is 17.2 Å². The minimum atomic E-state index is -0.822. The van der Waals surface area contributed by atoms with Crippen molar-refractivity contribution in [1.29, 1.82) is 0 Å². The van der Waals surface area contributed by atoms with E-state index in [1.165, 1.54) is 4.90 Å². The molecule has 1 aromatic rings. The van der Waals surface area contributed by atoms with Gasteiger partial charge < -0.3 is 10.2 Å². The molecule has 0 unspecified atom stereocenters. The Hall–Kier alpha value is -1.05. The van der Waals surface area contributed by atoms with Gasteiger partial charge in [0.25, 0.3) is 5.91 Å². The van der Waals surface area contributed by atoms with Gasteiger partial charge in [0.05, 0.1) is 0 Å². The van der Waals surface area contributed by atoms with Crippen molar-refractivity contribution in [2.75, 3.05) is 39.3 Å². The highest BCUT2D eigenvalue weighted by molar-refractivity contribution is 9.10. The Bertz CT molecular complexity index is 534. The third-order valence-electron chi connectivity index (χ3n) is 4.04. The SMILES string of the molecule is O=C(c1c(F)cc(Br)cc1F)N1CC(N2CCNCC2)C1. The highest BCUT2D eigenvalue weighted by Gasteiger charge is 2.37. The van der Waals surface area contributed by atoms with Crippen molar-refractivity contribution in [3.63, 3.8) is 0 Å². The Kier molecular flexibility index (Phi) is 4.24. The van der Waals surface area contributed by atoms with Crippen LogP contribution in [0.2, 0.25) is 0 Å². The van der Waals surface area contributed by atoms with Crippen LogP contribution in [0, 0.1) is 11.6 Å². The molecule has 7 heteroatoms. The summed E-state index contributed by atoms with van der Waals surface area (Å²) < 4.78 is 27.9. The number of hydrogen-bond acceptors (Lipinski definition) is 3. The molecule has 2 saturated heterocycles. The maximum atomic E-state index is 13.8. The van der Waals surface area contributed by atoms with Crippen LogP contribution >= 0.6 is 15.9 Å². The first-order chi connectivity index (χ1) is 10.1. The van der Waals surface area contributed by atoms with E-state index in [2.05, 4.69) is 26.1 Å². The molecule has 0 saturated carbocycles. The first-order valence-electron chi connectivity index (χ1n) is 6.95. The fraction of sp³-hybridized carbons (Fsp3) is 0.500. The number of rotatable bonds is 2. The third-order valence-corrected chi connectivity index (χ3v) is 4.50. The molecule has 0 spiro atoms. The van der Waals surface area contributed by atoms with Crippen LogP contribution in [0.3, 0.4) is 0 Å². The van der Waals surface area contributed by atoms with Gasteiger partial charge in [0.15, 0.2) is 0 Å². The molecule has 4 nitrogen and oxygen atoms in total. The Morgan fingerprint density at radius 2 is 1.76 bits per heavy atom. The Morgan fingerprint density at radius 3 is 2.33 bits per heavy atom. The second kappa shape index (κ2) is 5.98. The third kappa shape index (κ3) is 2.95. The van der Waals surface area contributed by atoms with Crippen LogP contribution in [0.15, 0.2) is 16.6 Å². The number of benzene rings is 1. The number of carbonyl (C=O) groups excluding carboxylic acids is 1. The molecule has 1 amide bonds. The Balaban J connectivity index is 1.65.